The molecule has 0 saturated carbocycles. The average molecular weight is 498 g/mol. The molecule has 0 unspecified atom stereocenters. The largest absolute Gasteiger partial charge is 0.492 e. The Morgan fingerprint density at radius 1 is 1.24 bits per heavy atom. The molecule has 188 valence electrons. The Hall–Kier alpha value is -2.60. The molecular formula is C22H32FN5O5S. The second kappa shape index (κ2) is 11.7. The van der Waals surface area contributed by atoms with E-state index in [0.717, 1.165) is 38.1 Å². The quantitative estimate of drug-likeness (QED) is 0.483. The van der Waals surface area contributed by atoms with E-state index in [2.05, 4.69) is 19.7 Å². The molecule has 3 rings (SSSR count). The van der Waals surface area contributed by atoms with Crippen molar-refractivity contribution in [2.75, 3.05) is 23.7 Å². The van der Waals surface area contributed by atoms with Gasteiger partial charge in [-0.2, -0.15) is 4.98 Å². The fourth-order valence-corrected chi connectivity index (χ4v) is 5.28. The first-order valence-electron chi connectivity index (χ1n) is 11.6. The molecule has 10 nitrogen and oxygen atoms in total. The van der Waals surface area contributed by atoms with Gasteiger partial charge in [-0.05, 0) is 31.6 Å². The molecule has 2 N–H and O–H groups in total. The molecule has 3 heterocycles. The highest BCUT2D eigenvalue weighted by atomic mass is 32.2. The number of aromatic hydroxyl groups is 1. The third-order valence-corrected chi connectivity index (χ3v) is 7.27. The van der Waals surface area contributed by atoms with Crippen molar-refractivity contribution in [3.63, 3.8) is 0 Å². The van der Waals surface area contributed by atoms with Crippen LogP contribution in [0.5, 0.6) is 5.88 Å². The smallest absolute Gasteiger partial charge is 0.282 e. The van der Waals surface area contributed by atoms with Crippen LogP contribution in [0, 0.1) is 11.7 Å². The first-order chi connectivity index (χ1) is 16.3. The van der Waals surface area contributed by atoms with Crippen LogP contribution < -0.4 is 10.3 Å². The topological polar surface area (TPSA) is 136 Å². The van der Waals surface area contributed by atoms with Crippen molar-refractivity contribution in [2.24, 2.45) is 5.92 Å². The Morgan fingerprint density at radius 2 is 1.91 bits per heavy atom. The highest BCUT2D eigenvalue weighted by Gasteiger charge is 2.30. The van der Waals surface area contributed by atoms with E-state index in [-0.39, 0.29) is 24.2 Å². The van der Waals surface area contributed by atoms with Crippen molar-refractivity contribution in [1.82, 2.24) is 19.5 Å². The number of aryl methyl sites for hydroxylation is 2. The van der Waals surface area contributed by atoms with Gasteiger partial charge in [0, 0.05) is 32.1 Å². The summed E-state index contributed by atoms with van der Waals surface area (Å²) in [4.78, 5) is 25.3. The van der Waals surface area contributed by atoms with Gasteiger partial charge in [-0.1, -0.05) is 20.3 Å². The summed E-state index contributed by atoms with van der Waals surface area (Å²) in [5.74, 6) is -0.942. The van der Waals surface area contributed by atoms with Crippen molar-refractivity contribution >= 4 is 15.7 Å². The van der Waals surface area contributed by atoms with Crippen LogP contribution >= 0.6 is 0 Å². The van der Waals surface area contributed by atoms with Crippen LogP contribution in [0.15, 0.2) is 17.2 Å². The molecule has 0 radical (unpaired) electrons. The van der Waals surface area contributed by atoms with E-state index >= 15 is 0 Å². The van der Waals surface area contributed by atoms with Crippen molar-refractivity contribution in [3.05, 3.63) is 40.2 Å². The minimum absolute atomic E-state index is 0.0910. The predicted octanol–water partition coefficient (Wildman–Crippen LogP) is 2.58. The van der Waals surface area contributed by atoms with E-state index in [4.69, 9.17) is 4.74 Å². The standard InChI is InChI=1S/C22H32FN5O5S/c1-3-5-6-19-26-21(29)20(22(30)28(19)17(4-2)15-7-10-33-11-8-15)27-34(31,32)12-9-18-24-13-16(23)14-25-18/h13-15,17,27,29H,3-12H2,1-2H3/t17-/m0/s1. The summed E-state index contributed by atoms with van der Waals surface area (Å²) in [5.41, 5.74) is -1.08. The van der Waals surface area contributed by atoms with Gasteiger partial charge in [0.15, 0.2) is 11.5 Å². The SMILES string of the molecule is CCCCc1nc(O)c(NS(=O)(=O)CCc2ncc(F)cn2)c(=O)n1[C@@H](CC)C1CCOCC1. The Bertz CT molecular complexity index is 1120. The zero-order valence-corrected chi connectivity index (χ0v) is 20.4. The highest BCUT2D eigenvalue weighted by molar-refractivity contribution is 7.92. The van der Waals surface area contributed by atoms with E-state index in [1.807, 2.05) is 13.8 Å². The van der Waals surface area contributed by atoms with E-state index in [9.17, 15) is 22.7 Å². The number of nitrogens with zero attached hydrogens (tertiary/aromatic N) is 4. The number of aromatic nitrogens is 4. The molecule has 0 aliphatic carbocycles. The second-order valence-electron chi connectivity index (χ2n) is 8.42. The lowest BCUT2D eigenvalue weighted by atomic mass is 9.89. The minimum Gasteiger partial charge on any atom is -0.492 e. The molecule has 0 spiro atoms. The van der Waals surface area contributed by atoms with Gasteiger partial charge in [0.05, 0.1) is 18.1 Å². The van der Waals surface area contributed by atoms with Crippen molar-refractivity contribution in [3.8, 4) is 5.88 Å². The van der Waals surface area contributed by atoms with Crippen molar-refractivity contribution in [2.45, 2.75) is 64.8 Å². The number of hydrogen-bond donors (Lipinski definition) is 2. The van der Waals surface area contributed by atoms with Gasteiger partial charge in [0.2, 0.25) is 15.9 Å². The summed E-state index contributed by atoms with van der Waals surface area (Å²) in [7, 11) is -4.05. The summed E-state index contributed by atoms with van der Waals surface area (Å²) < 4.78 is 47.6. The summed E-state index contributed by atoms with van der Waals surface area (Å²) in [6.45, 7) is 5.22. The average Bonchev–Trinajstić information content (AvgIpc) is 2.83. The van der Waals surface area contributed by atoms with Crippen LogP contribution in [0.1, 0.15) is 63.6 Å². The number of halogens is 1. The van der Waals surface area contributed by atoms with Gasteiger partial charge in [-0.25, -0.2) is 22.8 Å². The van der Waals surface area contributed by atoms with Gasteiger partial charge in [0.25, 0.3) is 5.56 Å². The number of ether oxygens (including phenoxy) is 1. The second-order valence-corrected chi connectivity index (χ2v) is 10.3. The Morgan fingerprint density at radius 3 is 2.53 bits per heavy atom. The summed E-state index contributed by atoms with van der Waals surface area (Å²) in [5, 5.41) is 10.5. The third kappa shape index (κ3) is 6.50. The van der Waals surface area contributed by atoms with Crippen LogP contribution in [0.2, 0.25) is 0 Å². The van der Waals surface area contributed by atoms with Crippen molar-refractivity contribution in [1.29, 1.82) is 0 Å². The van der Waals surface area contributed by atoms with Gasteiger partial charge in [-0.3, -0.25) is 14.1 Å². The minimum atomic E-state index is -4.05. The van der Waals surface area contributed by atoms with Crippen LogP contribution in [-0.4, -0.2) is 52.0 Å². The summed E-state index contributed by atoms with van der Waals surface area (Å²) in [6, 6.07) is -0.188. The number of hydrogen-bond acceptors (Lipinski definition) is 8. The maximum Gasteiger partial charge on any atom is 0.282 e. The number of rotatable bonds is 11. The molecule has 0 amide bonds. The van der Waals surface area contributed by atoms with E-state index < -0.39 is 38.7 Å². The number of unbranched alkanes of at least 4 members (excludes halogenated alkanes) is 1. The molecule has 1 atom stereocenters. The van der Waals surface area contributed by atoms with E-state index in [1.54, 1.807) is 4.57 Å². The summed E-state index contributed by atoms with van der Waals surface area (Å²) >= 11 is 0. The van der Waals surface area contributed by atoms with Crippen LogP contribution in [0.3, 0.4) is 0 Å². The van der Waals surface area contributed by atoms with Crippen LogP contribution in [0.25, 0.3) is 0 Å². The number of anilines is 1. The van der Waals surface area contributed by atoms with Crippen LogP contribution in [0.4, 0.5) is 10.1 Å². The number of nitrogens with one attached hydrogen (secondary N) is 1. The molecule has 12 heteroatoms. The Kier molecular flexibility index (Phi) is 8.95. The molecule has 34 heavy (non-hydrogen) atoms. The normalized spacial score (nSPS) is 15.9. The fourth-order valence-electron chi connectivity index (χ4n) is 4.24. The highest BCUT2D eigenvalue weighted by Crippen LogP contribution is 2.32. The first-order valence-corrected chi connectivity index (χ1v) is 13.3. The Balaban J connectivity index is 1.92. The fraction of sp³-hybridized carbons (Fsp3) is 0.636. The van der Waals surface area contributed by atoms with Crippen molar-refractivity contribution < 1.29 is 22.7 Å². The molecule has 2 aromatic rings. The van der Waals surface area contributed by atoms with E-state index in [0.29, 0.717) is 31.9 Å². The molecule has 1 aliphatic rings. The predicted molar refractivity (Wildman–Crippen MR) is 125 cm³/mol. The summed E-state index contributed by atoms with van der Waals surface area (Å²) in [6.07, 6.45) is 6.20. The third-order valence-electron chi connectivity index (χ3n) is 6.01. The zero-order chi connectivity index (χ0) is 24.7. The maximum atomic E-state index is 13.5. The molecule has 0 bridgehead atoms. The lowest BCUT2D eigenvalue weighted by molar-refractivity contribution is 0.0466. The Labute approximate surface area is 198 Å². The molecular weight excluding hydrogens is 465 g/mol. The molecule has 1 saturated heterocycles. The molecule has 1 fully saturated rings. The lowest BCUT2D eigenvalue weighted by Crippen LogP contribution is -2.37. The van der Waals surface area contributed by atoms with Gasteiger partial charge in [-0.15, -0.1) is 0 Å². The van der Waals surface area contributed by atoms with Gasteiger partial charge in [0.1, 0.15) is 11.6 Å². The molecule has 0 aromatic carbocycles. The molecule has 2 aromatic heterocycles. The zero-order valence-electron chi connectivity index (χ0n) is 19.5. The first kappa shape index (κ1) is 26.0. The van der Waals surface area contributed by atoms with Gasteiger partial charge < -0.3 is 9.84 Å². The lowest BCUT2D eigenvalue weighted by Gasteiger charge is -2.32. The van der Waals surface area contributed by atoms with Gasteiger partial charge >= 0.3 is 0 Å². The monoisotopic (exact) mass is 497 g/mol. The number of sulfonamides is 1. The van der Waals surface area contributed by atoms with Crippen LogP contribution in [-0.2, 0) is 27.6 Å². The van der Waals surface area contributed by atoms with E-state index in [1.165, 1.54) is 0 Å². The maximum absolute atomic E-state index is 13.5. The molecule has 1 aliphatic heterocycles.